The Labute approximate surface area is 80.8 Å². The molecule has 1 N–H and O–H groups in total. The zero-order valence-corrected chi connectivity index (χ0v) is 8.24. The van der Waals surface area contributed by atoms with Crippen molar-refractivity contribution in [2.75, 3.05) is 5.75 Å². The maximum atomic E-state index is 4.42. The lowest BCUT2D eigenvalue weighted by atomic mass is 10.1. The van der Waals surface area contributed by atoms with Gasteiger partial charge in [-0.15, -0.1) is 11.8 Å². The number of hydrogen-bond donors (Lipinski definition) is 1. The maximum Gasteiger partial charge on any atom is 0.104 e. The number of nitrogens with zero attached hydrogens (tertiary/aromatic N) is 1. The third-order valence-corrected chi connectivity index (χ3v) is 3.51. The van der Waals surface area contributed by atoms with Crippen molar-refractivity contribution in [2.45, 2.75) is 18.2 Å². The molecule has 2 heterocycles. The van der Waals surface area contributed by atoms with Crippen LogP contribution in [0.3, 0.4) is 0 Å². The predicted molar refractivity (Wildman–Crippen MR) is 55.3 cm³/mol. The Hall–Kier alpha value is -0.960. The van der Waals surface area contributed by atoms with E-state index in [9.17, 15) is 0 Å². The van der Waals surface area contributed by atoms with E-state index < -0.39 is 0 Å². The first-order chi connectivity index (χ1) is 6.33. The highest BCUT2D eigenvalue weighted by Crippen LogP contribution is 2.33. The Bertz CT molecular complexity index is 432. The minimum atomic E-state index is 1.00. The van der Waals surface area contributed by atoms with Gasteiger partial charge in [-0.1, -0.05) is 0 Å². The lowest BCUT2D eigenvalue weighted by Crippen LogP contribution is -1.80. The highest BCUT2D eigenvalue weighted by atomic mass is 32.2. The Morgan fingerprint density at radius 2 is 2.38 bits per heavy atom. The Morgan fingerprint density at radius 1 is 1.46 bits per heavy atom. The van der Waals surface area contributed by atoms with Crippen LogP contribution < -0.4 is 0 Å². The molecule has 0 fully saturated rings. The van der Waals surface area contributed by atoms with E-state index >= 15 is 0 Å². The third kappa shape index (κ3) is 1.07. The van der Waals surface area contributed by atoms with Crippen molar-refractivity contribution in [3.05, 3.63) is 23.5 Å². The fraction of sp³-hybridized carbons (Fsp3) is 0.300. The molecule has 0 radical (unpaired) electrons. The summed E-state index contributed by atoms with van der Waals surface area (Å²) in [5.74, 6) is 2.23. The van der Waals surface area contributed by atoms with Gasteiger partial charge < -0.3 is 4.98 Å². The van der Waals surface area contributed by atoms with Crippen LogP contribution in [0.5, 0.6) is 0 Å². The van der Waals surface area contributed by atoms with Gasteiger partial charge in [0, 0.05) is 10.6 Å². The van der Waals surface area contributed by atoms with E-state index in [-0.39, 0.29) is 0 Å². The number of fused-ring (bicyclic) bond motifs is 2. The summed E-state index contributed by atoms with van der Waals surface area (Å²) in [6.07, 6.45) is 1.20. The molecule has 0 saturated carbocycles. The molecule has 0 unspecified atom stereocenters. The van der Waals surface area contributed by atoms with Crippen LogP contribution in [-0.2, 0) is 6.42 Å². The lowest BCUT2D eigenvalue weighted by Gasteiger charge is -1.95. The van der Waals surface area contributed by atoms with Gasteiger partial charge in [0.05, 0.1) is 11.0 Å². The molecule has 1 aliphatic heterocycles. The second-order valence-corrected chi connectivity index (χ2v) is 4.53. The molecule has 66 valence electrons. The third-order valence-electron chi connectivity index (χ3n) is 2.41. The summed E-state index contributed by atoms with van der Waals surface area (Å²) >= 11 is 1.94. The van der Waals surface area contributed by atoms with Crippen LogP contribution in [0.2, 0.25) is 0 Å². The molecule has 0 bridgehead atoms. The quantitative estimate of drug-likeness (QED) is 0.691. The SMILES string of the molecule is Cc1nc2cc3c(cc2[nH]1)CCS3. The van der Waals surface area contributed by atoms with E-state index in [1.165, 1.54) is 28.1 Å². The molecule has 0 atom stereocenters. The van der Waals surface area contributed by atoms with Gasteiger partial charge in [-0.05, 0) is 31.0 Å². The van der Waals surface area contributed by atoms with Gasteiger partial charge in [0.15, 0.2) is 0 Å². The van der Waals surface area contributed by atoms with Gasteiger partial charge in [0.1, 0.15) is 5.82 Å². The number of aromatic amines is 1. The van der Waals surface area contributed by atoms with E-state index in [0.717, 1.165) is 11.3 Å². The molecule has 0 amide bonds. The molecule has 3 rings (SSSR count). The van der Waals surface area contributed by atoms with Crippen LogP contribution in [-0.4, -0.2) is 15.7 Å². The van der Waals surface area contributed by atoms with E-state index in [1.807, 2.05) is 18.7 Å². The fourth-order valence-corrected chi connectivity index (χ4v) is 2.89. The summed E-state index contributed by atoms with van der Waals surface area (Å²) in [6, 6.07) is 4.44. The summed E-state index contributed by atoms with van der Waals surface area (Å²) in [7, 11) is 0. The number of aromatic nitrogens is 2. The van der Waals surface area contributed by atoms with Crippen LogP contribution in [0.4, 0.5) is 0 Å². The molecular weight excluding hydrogens is 180 g/mol. The highest BCUT2D eigenvalue weighted by Gasteiger charge is 2.13. The van der Waals surface area contributed by atoms with Crippen molar-refractivity contribution < 1.29 is 0 Å². The number of hydrogen-bond acceptors (Lipinski definition) is 2. The second-order valence-electron chi connectivity index (χ2n) is 3.40. The first-order valence-electron chi connectivity index (χ1n) is 4.45. The van der Waals surface area contributed by atoms with Crippen LogP contribution in [0.1, 0.15) is 11.4 Å². The Balaban J connectivity index is 2.35. The van der Waals surface area contributed by atoms with E-state index in [2.05, 4.69) is 22.1 Å². The molecule has 2 aromatic rings. The molecule has 0 spiro atoms. The van der Waals surface area contributed by atoms with Gasteiger partial charge in [-0.2, -0.15) is 0 Å². The number of H-pyrrole nitrogens is 1. The van der Waals surface area contributed by atoms with Gasteiger partial charge in [-0.3, -0.25) is 0 Å². The lowest BCUT2D eigenvalue weighted by molar-refractivity contribution is 1.15. The van der Waals surface area contributed by atoms with Crippen LogP contribution in [0.15, 0.2) is 17.0 Å². The summed E-state index contributed by atoms with van der Waals surface area (Å²) < 4.78 is 0. The van der Waals surface area contributed by atoms with Crippen LogP contribution in [0, 0.1) is 6.92 Å². The second kappa shape index (κ2) is 2.51. The average molecular weight is 190 g/mol. The number of imidazole rings is 1. The molecule has 0 saturated heterocycles. The smallest absolute Gasteiger partial charge is 0.104 e. The largest absolute Gasteiger partial charge is 0.342 e. The normalized spacial score (nSPS) is 15.2. The van der Waals surface area contributed by atoms with Crippen LogP contribution >= 0.6 is 11.8 Å². The van der Waals surface area contributed by atoms with Crippen LogP contribution in [0.25, 0.3) is 11.0 Å². The standard InChI is InChI=1S/C10H10N2S/c1-6-11-8-4-7-2-3-13-10(7)5-9(8)12-6/h4-5H,2-3H2,1H3,(H,11,12). The number of aryl methyl sites for hydroxylation is 2. The Morgan fingerprint density at radius 3 is 3.31 bits per heavy atom. The zero-order chi connectivity index (χ0) is 8.84. The number of rotatable bonds is 0. The Kier molecular flexibility index (Phi) is 1.44. The molecule has 1 aromatic carbocycles. The molecule has 1 aliphatic rings. The topological polar surface area (TPSA) is 28.7 Å². The predicted octanol–water partition coefficient (Wildman–Crippen LogP) is 2.52. The summed E-state index contributed by atoms with van der Waals surface area (Å²) in [6.45, 7) is 2.00. The molecular formula is C10H10N2S. The number of benzene rings is 1. The van der Waals surface area contributed by atoms with Crippen molar-refractivity contribution in [1.29, 1.82) is 0 Å². The summed E-state index contributed by atoms with van der Waals surface area (Å²) in [4.78, 5) is 9.11. The minimum Gasteiger partial charge on any atom is -0.342 e. The maximum absolute atomic E-state index is 4.42. The summed E-state index contributed by atoms with van der Waals surface area (Å²) in [5, 5.41) is 0. The molecule has 13 heavy (non-hydrogen) atoms. The van der Waals surface area contributed by atoms with Crippen molar-refractivity contribution in [3.8, 4) is 0 Å². The van der Waals surface area contributed by atoms with Gasteiger partial charge in [0.25, 0.3) is 0 Å². The average Bonchev–Trinajstić information content (AvgIpc) is 2.63. The zero-order valence-electron chi connectivity index (χ0n) is 7.42. The molecule has 2 nitrogen and oxygen atoms in total. The molecule has 0 aliphatic carbocycles. The van der Waals surface area contributed by atoms with E-state index in [0.29, 0.717) is 0 Å². The van der Waals surface area contributed by atoms with E-state index in [1.54, 1.807) is 0 Å². The van der Waals surface area contributed by atoms with Gasteiger partial charge >= 0.3 is 0 Å². The fourth-order valence-electron chi connectivity index (χ4n) is 1.81. The highest BCUT2D eigenvalue weighted by molar-refractivity contribution is 7.99. The van der Waals surface area contributed by atoms with E-state index in [4.69, 9.17) is 0 Å². The van der Waals surface area contributed by atoms with Crippen molar-refractivity contribution in [3.63, 3.8) is 0 Å². The van der Waals surface area contributed by atoms with Gasteiger partial charge in [-0.25, -0.2) is 4.98 Å². The first kappa shape index (κ1) is 7.44. The van der Waals surface area contributed by atoms with Crippen molar-refractivity contribution >= 4 is 22.8 Å². The molecule has 1 aromatic heterocycles. The van der Waals surface area contributed by atoms with Gasteiger partial charge in [0.2, 0.25) is 0 Å². The van der Waals surface area contributed by atoms with Crippen molar-refractivity contribution in [2.24, 2.45) is 0 Å². The number of nitrogens with one attached hydrogen (secondary N) is 1. The first-order valence-corrected chi connectivity index (χ1v) is 5.43. The molecule has 3 heteroatoms. The number of thioether (sulfide) groups is 1. The monoisotopic (exact) mass is 190 g/mol. The minimum absolute atomic E-state index is 1.00. The van der Waals surface area contributed by atoms with Crippen molar-refractivity contribution in [1.82, 2.24) is 9.97 Å². The summed E-state index contributed by atoms with van der Waals surface area (Å²) in [5.41, 5.74) is 3.76.